The van der Waals surface area contributed by atoms with Crippen molar-refractivity contribution < 1.29 is 29.6 Å². The molecule has 7 nitrogen and oxygen atoms in total. The molecule has 0 radical (unpaired) electrons. The average Bonchev–Trinajstić information content (AvgIpc) is 3.16. The second-order valence-electron chi connectivity index (χ2n) is 12.4. The molecule has 0 aromatic carbocycles. The van der Waals surface area contributed by atoms with Crippen molar-refractivity contribution in [2.24, 2.45) is 46.3 Å². The first kappa shape index (κ1) is 25.9. The van der Waals surface area contributed by atoms with E-state index in [0.29, 0.717) is 30.6 Å². The number of carbonyl (C=O) groups is 2. The fourth-order valence-electron chi connectivity index (χ4n) is 9.02. The van der Waals surface area contributed by atoms with Gasteiger partial charge in [0.05, 0.1) is 25.4 Å². The number of esters is 1. The Morgan fingerprint density at radius 2 is 1.79 bits per heavy atom. The van der Waals surface area contributed by atoms with Gasteiger partial charge < -0.3 is 25.4 Å². The van der Waals surface area contributed by atoms with E-state index in [-0.39, 0.29) is 53.2 Å². The Balaban J connectivity index is 1.46. The van der Waals surface area contributed by atoms with Gasteiger partial charge in [-0.05, 0) is 97.7 Å². The molecule has 0 spiro atoms. The third-order valence-corrected chi connectivity index (χ3v) is 11.0. The summed E-state index contributed by atoms with van der Waals surface area (Å²) in [5.74, 6) is 1.05. The molecule has 4 aliphatic carbocycles. The largest absolute Gasteiger partial charge is 0.468 e. The second-order valence-corrected chi connectivity index (χ2v) is 12.4. The Hall–Kier alpha value is -1.18. The first-order valence-electron chi connectivity index (χ1n) is 13.4. The standard InChI is InChI=1S/C27H45NO6/c1-15(5-8-23(32)28-14-24(33)34-4)18-6-7-19-25-20(13-22(31)27(18,19)3)26(2)10-9-17(29)11-16(26)12-21(25)30/h15-22,25,29-31H,5-14H2,1-4H3,(H,28,32)/t15-,16+,17-,18-,19+,20+,21-,22+,25+,26+,27-/m1/s1. The highest BCUT2D eigenvalue weighted by Gasteiger charge is 2.65. The van der Waals surface area contributed by atoms with Crippen LogP contribution in [-0.4, -0.2) is 59.2 Å². The van der Waals surface area contributed by atoms with Crippen molar-refractivity contribution in [2.75, 3.05) is 13.7 Å². The first-order valence-corrected chi connectivity index (χ1v) is 13.4. The predicted molar refractivity (Wildman–Crippen MR) is 127 cm³/mol. The quantitative estimate of drug-likeness (QED) is 0.435. The molecule has 0 heterocycles. The molecule has 0 aromatic heterocycles. The van der Waals surface area contributed by atoms with Gasteiger partial charge in [0.1, 0.15) is 6.54 Å². The maximum atomic E-state index is 12.2. The summed E-state index contributed by atoms with van der Waals surface area (Å²) in [5, 5.41) is 35.9. The smallest absolute Gasteiger partial charge is 0.325 e. The van der Waals surface area contributed by atoms with E-state index in [1.165, 1.54) is 7.11 Å². The van der Waals surface area contributed by atoms with Crippen molar-refractivity contribution in [1.29, 1.82) is 0 Å². The molecule has 11 atom stereocenters. The van der Waals surface area contributed by atoms with Crippen LogP contribution in [0.1, 0.15) is 78.6 Å². The van der Waals surface area contributed by atoms with E-state index in [4.69, 9.17) is 0 Å². The third-order valence-electron chi connectivity index (χ3n) is 11.0. The summed E-state index contributed by atoms with van der Waals surface area (Å²) in [6.07, 6.45) is 6.08. The van der Waals surface area contributed by atoms with Crippen molar-refractivity contribution in [3.63, 3.8) is 0 Å². The number of amides is 1. The lowest BCUT2D eigenvalue weighted by molar-refractivity contribution is -0.207. The van der Waals surface area contributed by atoms with Crippen LogP contribution in [0.5, 0.6) is 0 Å². The lowest BCUT2D eigenvalue weighted by Crippen LogP contribution is -2.62. The minimum Gasteiger partial charge on any atom is -0.468 e. The van der Waals surface area contributed by atoms with Gasteiger partial charge in [0.25, 0.3) is 0 Å². The lowest BCUT2D eigenvalue weighted by Gasteiger charge is -2.63. The van der Waals surface area contributed by atoms with Crippen LogP contribution in [0, 0.1) is 46.3 Å². The zero-order valence-electron chi connectivity index (χ0n) is 21.3. The Labute approximate surface area is 204 Å². The number of fused-ring (bicyclic) bond motifs is 5. The van der Waals surface area contributed by atoms with Gasteiger partial charge >= 0.3 is 5.97 Å². The molecule has 4 rings (SSSR count). The molecular weight excluding hydrogens is 434 g/mol. The first-order chi connectivity index (χ1) is 16.0. The number of aliphatic hydroxyl groups is 3. The second kappa shape index (κ2) is 9.70. The van der Waals surface area contributed by atoms with Gasteiger partial charge in [0.15, 0.2) is 0 Å². The number of hydrogen-bond acceptors (Lipinski definition) is 6. The zero-order chi connectivity index (χ0) is 24.8. The van der Waals surface area contributed by atoms with Gasteiger partial charge in [-0.25, -0.2) is 0 Å². The van der Waals surface area contributed by atoms with Crippen molar-refractivity contribution in [3.05, 3.63) is 0 Å². The molecular formula is C27H45NO6. The minimum atomic E-state index is -0.457. The molecule has 0 aromatic rings. The Bertz CT molecular complexity index is 774. The van der Waals surface area contributed by atoms with E-state index < -0.39 is 12.1 Å². The summed E-state index contributed by atoms with van der Waals surface area (Å²) in [6, 6.07) is 0. The fourth-order valence-corrected chi connectivity index (χ4v) is 9.02. The van der Waals surface area contributed by atoms with Crippen LogP contribution in [0.2, 0.25) is 0 Å². The van der Waals surface area contributed by atoms with Gasteiger partial charge in [0.2, 0.25) is 5.91 Å². The third kappa shape index (κ3) is 4.30. The molecule has 4 fully saturated rings. The number of ether oxygens (including phenoxy) is 1. The number of methoxy groups -OCH3 is 1. The molecule has 4 N–H and O–H groups in total. The number of hydrogen-bond donors (Lipinski definition) is 4. The Kier molecular flexibility index (Phi) is 7.39. The average molecular weight is 480 g/mol. The SMILES string of the molecule is COC(=O)CNC(=O)CC[C@@H](C)[C@H]1CC[C@H]2[C@@H]3[C@H](O)C[C@@H]4C[C@H](O)CC[C@]4(C)[C@H]3C[C@H](O)[C@]12C. The molecule has 0 bridgehead atoms. The Morgan fingerprint density at radius 1 is 1.06 bits per heavy atom. The van der Waals surface area contributed by atoms with Gasteiger partial charge in [-0.1, -0.05) is 20.8 Å². The summed E-state index contributed by atoms with van der Waals surface area (Å²) in [6.45, 7) is 6.66. The summed E-state index contributed by atoms with van der Waals surface area (Å²) in [4.78, 5) is 23.5. The normalized spacial score (nSPS) is 46.6. The van der Waals surface area contributed by atoms with Crippen LogP contribution < -0.4 is 5.32 Å². The van der Waals surface area contributed by atoms with Gasteiger partial charge in [0, 0.05) is 6.42 Å². The number of aliphatic hydroxyl groups excluding tert-OH is 3. The van der Waals surface area contributed by atoms with Gasteiger partial charge in [-0.2, -0.15) is 0 Å². The maximum Gasteiger partial charge on any atom is 0.325 e. The number of rotatable bonds is 6. The van der Waals surface area contributed by atoms with Crippen molar-refractivity contribution in [1.82, 2.24) is 5.32 Å². The molecule has 0 saturated heterocycles. The van der Waals surface area contributed by atoms with Crippen molar-refractivity contribution in [3.8, 4) is 0 Å². The molecule has 1 amide bonds. The fraction of sp³-hybridized carbons (Fsp3) is 0.926. The monoisotopic (exact) mass is 479 g/mol. The summed E-state index contributed by atoms with van der Waals surface area (Å²) in [5.41, 5.74) is -0.186. The molecule has 7 heteroatoms. The molecule has 4 saturated carbocycles. The highest BCUT2D eigenvalue weighted by Crippen LogP contribution is 2.68. The van der Waals surface area contributed by atoms with E-state index in [9.17, 15) is 24.9 Å². The lowest BCUT2D eigenvalue weighted by atomic mass is 9.43. The predicted octanol–water partition coefficient (Wildman–Crippen LogP) is 2.65. The van der Waals surface area contributed by atoms with Gasteiger partial charge in [-0.3, -0.25) is 9.59 Å². The summed E-state index contributed by atoms with van der Waals surface area (Å²) in [7, 11) is 1.30. The highest BCUT2D eigenvalue weighted by molar-refractivity contribution is 5.81. The summed E-state index contributed by atoms with van der Waals surface area (Å²) < 4.78 is 4.57. The van der Waals surface area contributed by atoms with Gasteiger partial charge in [-0.15, -0.1) is 0 Å². The van der Waals surface area contributed by atoms with E-state index >= 15 is 0 Å². The van der Waals surface area contributed by atoms with Crippen molar-refractivity contribution >= 4 is 11.9 Å². The minimum absolute atomic E-state index is 0.0763. The summed E-state index contributed by atoms with van der Waals surface area (Å²) >= 11 is 0. The maximum absolute atomic E-state index is 12.2. The molecule has 34 heavy (non-hydrogen) atoms. The van der Waals surface area contributed by atoms with Crippen LogP contribution in [0.15, 0.2) is 0 Å². The van der Waals surface area contributed by atoms with E-state index in [0.717, 1.165) is 44.9 Å². The number of nitrogens with one attached hydrogen (secondary N) is 1. The van der Waals surface area contributed by atoms with E-state index in [2.05, 4.69) is 30.8 Å². The van der Waals surface area contributed by atoms with Crippen LogP contribution in [0.4, 0.5) is 0 Å². The van der Waals surface area contributed by atoms with Crippen molar-refractivity contribution in [2.45, 2.75) is 96.9 Å². The van der Waals surface area contributed by atoms with E-state index in [1.807, 2.05) is 0 Å². The van der Waals surface area contributed by atoms with Crippen LogP contribution in [-0.2, 0) is 14.3 Å². The number of carbonyl (C=O) groups excluding carboxylic acids is 2. The van der Waals surface area contributed by atoms with Crippen LogP contribution >= 0.6 is 0 Å². The van der Waals surface area contributed by atoms with Crippen LogP contribution in [0.3, 0.4) is 0 Å². The molecule has 0 aliphatic heterocycles. The molecule has 194 valence electrons. The highest BCUT2D eigenvalue weighted by atomic mass is 16.5. The topological polar surface area (TPSA) is 116 Å². The van der Waals surface area contributed by atoms with E-state index in [1.54, 1.807) is 0 Å². The zero-order valence-corrected chi connectivity index (χ0v) is 21.3. The molecule has 4 aliphatic rings. The van der Waals surface area contributed by atoms with Crippen LogP contribution in [0.25, 0.3) is 0 Å². The molecule has 0 unspecified atom stereocenters. The Morgan fingerprint density at radius 3 is 2.50 bits per heavy atom.